The van der Waals surface area contributed by atoms with Crippen LogP contribution in [0.4, 0.5) is 0 Å². The van der Waals surface area contributed by atoms with E-state index in [0.717, 1.165) is 19.3 Å². The van der Waals surface area contributed by atoms with Crippen LogP contribution in [-0.4, -0.2) is 21.4 Å². The van der Waals surface area contributed by atoms with Crippen molar-refractivity contribution >= 4 is 0 Å². The Balaban J connectivity index is 2.28. The predicted molar refractivity (Wildman–Crippen MR) is 92.6 cm³/mol. The number of hydrogen-bond acceptors (Lipinski definition) is 2. The van der Waals surface area contributed by atoms with E-state index in [1.807, 2.05) is 13.8 Å². The largest absolute Gasteiger partial charge is 0.390 e. The molecule has 128 valence electrons. The number of rotatable bonds is 4. The summed E-state index contributed by atoms with van der Waals surface area (Å²) in [6.07, 6.45) is 8.96. The van der Waals surface area contributed by atoms with Gasteiger partial charge in [-0.15, -0.1) is 6.58 Å². The summed E-state index contributed by atoms with van der Waals surface area (Å²) in [7, 11) is 0. The molecule has 0 unspecified atom stereocenters. The van der Waals surface area contributed by atoms with Gasteiger partial charge in [0.25, 0.3) is 0 Å². The monoisotopic (exact) mass is 308 g/mol. The molecular weight excluding hydrogens is 272 g/mol. The van der Waals surface area contributed by atoms with Gasteiger partial charge in [0.15, 0.2) is 0 Å². The zero-order valence-corrected chi connectivity index (χ0v) is 15.3. The van der Waals surface area contributed by atoms with Crippen molar-refractivity contribution in [3.8, 4) is 0 Å². The molecule has 2 saturated carbocycles. The molecule has 2 nitrogen and oxygen atoms in total. The van der Waals surface area contributed by atoms with Crippen molar-refractivity contribution in [1.82, 2.24) is 0 Å². The van der Waals surface area contributed by atoms with Gasteiger partial charge in [0, 0.05) is 0 Å². The van der Waals surface area contributed by atoms with E-state index in [4.69, 9.17) is 0 Å². The first kappa shape index (κ1) is 18.0. The first-order chi connectivity index (χ1) is 9.95. The molecule has 0 amide bonds. The van der Waals surface area contributed by atoms with Crippen molar-refractivity contribution in [2.75, 3.05) is 0 Å². The lowest BCUT2D eigenvalue weighted by atomic mass is 9.45. The van der Waals surface area contributed by atoms with E-state index in [1.54, 1.807) is 6.08 Å². The Morgan fingerprint density at radius 1 is 1.18 bits per heavy atom. The van der Waals surface area contributed by atoms with E-state index in [9.17, 15) is 10.2 Å². The number of aliphatic hydroxyl groups is 2. The lowest BCUT2D eigenvalue weighted by Gasteiger charge is -2.61. The second-order valence-electron chi connectivity index (χ2n) is 9.45. The summed E-state index contributed by atoms with van der Waals surface area (Å²) < 4.78 is 0. The lowest BCUT2D eigenvalue weighted by molar-refractivity contribution is -0.171. The van der Waals surface area contributed by atoms with Crippen molar-refractivity contribution in [2.45, 2.75) is 90.8 Å². The van der Waals surface area contributed by atoms with Crippen LogP contribution in [-0.2, 0) is 0 Å². The van der Waals surface area contributed by atoms with Crippen molar-refractivity contribution in [1.29, 1.82) is 0 Å². The molecule has 0 aromatic carbocycles. The summed E-state index contributed by atoms with van der Waals surface area (Å²) >= 11 is 0. The third-order valence-corrected chi connectivity index (χ3v) is 7.14. The van der Waals surface area contributed by atoms with E-state index in [-0.39, 0.29) is 11.3 Å². The minimum Gasteiger partial charge on any atom is -0.390 e. The van der Waals surface area contributed by atoms with Crippen molar-refractivity contribution in [3.05, 3.63) is 12.7 Å². The molecule has 22 heavy (non-hydrogen) atoms. The van der Waals surface area contributed by atoms with Gasteiger partial charge in [-0.05, 0) is 75.0 Å². The van der Waals surface area contributed by atoms with Gasteiger partial charge >= 0.3 is 0 Å². The van der Waals surface area contributed by atoms with E-state index in [0.29, 0.717) is 17.8 Å². The minimum atomic E-state index is -0.830. The van der Waals surface area contributed by atoms with E-state index in [1.165, 1.54) is 19.3 Å². The highest BCUT2D eigenvalue weighted by molar-refractivity contribution is 5.08. The molecular formula is C20H36O2. The highest BCUT2D eigenvalue weighted by Gasteiger charge is 2.57. The van der Waals surface area contributed by atoms with Gasteiger partial charge in [-0.1, -0.05) is 33.3 Å². The predicted octanol–water partition coefficient (Wildman–Crippen LogP) is 4.70. The highest BCUT2D eigenvalue weighted by atomic mass is 16.3. The van der Waals surface area contributed by atoms with Crippen LogP contribution in [0.25, 0.3) is 0 Å². The van der Waals surface area contributed by atoms with Crippen LogP contribution < -0.4 is 0 Å². The lowest BCUT2D eigenvalue weighted by Crippen LogP contribution is -2.57. The van der Waals surface area contributed by atoms with Gasteiger partial charge in [-0.2, -0.15) is 0 Å². The summed E-state index contributed by atoms with van der Waals surface area (Å²) in [5.74, 6) is 0.928. The molecule has 2 fully saturated rings. The SMILES string of the molecule is C=C[C@@](C)(O)CC[C@@H]1[C@]2(C)CCCC(C)(C)[C@@H]2CC[C@@]1(C)O. The summed E-state index contributed by atoms with van der Waals surface area (Å²) in [4.78, 5) is 0. The molecule has 2 rings (SSSR count). The van der Waals surface area contributed by atoms with Gasteiger partial charge < -0.3 is 10.2 Å². The molecule has 0 saturated heterocycles. The van der Waals surface area contributed by atoms with Crippen LogP contribution in [0.2, 0.25) is 0 Å². The van der Waals surface area contributed by atoms with E-state index >= 15 is 0 Å². The molecule has 0 aliphatic heterocycles. The van der Waals surface area contributed by atoms with Crippen LogP contribution in [0.1, 0.15) is 79.6 Å². The molecule has 2 aliphatic rings. The third-order valence-electron chi connectivity index (χ3n) is 7.14. The number of fused-ring (bicyclic) bond motifs is 1. The molecule has 0 spiro atoms. The topological polar surface area (TPSA) is 40.5 Å². The number of hydrogen-bond donors (Lipinski definition) is 2. The zero-order valence-electron chi connectivity index (χ0n) is 15.3. The molecule has 5 atom stereocenters. The normalized spacial score (nSPS) is 44.0. The molecule has 2 N–H and O–H groups in total. The molecule has 2 aliphatic carbocycles. The molecule has 2 heteroatoms. The van der Waals surface area contributed by atoms with Gasteiger partial charge in [0.1, 0.15) is 0 Å². The van der Waals surface area contributed by atoms with Gasteiger partial charge in [-0.3, -0.25) is 0 Å². The van der Waals surface area contributed by atoms with Gasteiger partial charge in [0.05, 0.1) is 11.2 Å². The summed E-state index contributed by atoms with van der Waals surface area (Å²) in [5, 5.41) is 21.4. The van der Waals surface area contributed by atoms with Crippen molar-refractivity contribution in [2.24, 2.45) is 22.7 Å². The maximum absolute atomic E-state index is 11.1. The Kier molecular flexibility index (Phi) is 4.61. The maximum Gasteiger partial charge on any atom is 0.0797 e. The summed E-state index contributed by atoms with van der Waals surface area (Å²) in [6, 6.07) is 0. The Hall–Kier alpha value is -0.340. The quantitative estimate of drug-likeness (QED) is 0.739. The Bertz CT molecular complexity index is 421. The molecule has 0 bridgehead atoms. The second-order valence-corrected chi connectivity index (χ2v) is 9.45. The third kappa shape index (κ3) is 3.14. The van der Waals surface area contributed by atoms with E-state index < -0.39 is 11.2 Å². The van der Waals surface area contributed by atoms with Crippen molar-refractivity contribution in [3.63, 3.8) is 0 Å². The fourth-order valence-electron chi connectivity index (χ4n) is 5.80. The molecule has 0 aromatic heterocycles. The minimum absolute atomic E-state index is 0.181. The standard InChI is InChI=1S/C20H36O2/c1-7-18(4,21)13-9-16-19(5)12-8-11-17(2,3)15(19)10-14-20(16,6)22/h7,15-16,21-22H,1,8-14H2,2-6H3/t15-,16+,18+,19+,20+/m0/s1. The molecule has 0 heterocycles. The van der Waals surface area contributed by atoms with Crippen molar-refractivity contribution < 1.29 is 10.2 Å². The van der Waals surface area contributed by atoms with Gasteiger partial charge in [-0.25, -0.2) is 0 Å². The van der Waals surface area contributed by atoms with Crippen LogP contribution in [0, 0.1) is 22.7 Å². The first-order valence-electron chi connectivity index (χ1n) is 9.03. The Morgan fingerprint density at radius 2 is 1.82 bits per heavy atom. The summed E-state index contributed by atoms with van der Waals surface area (Å²) in [5.41, 5.74) is -0.900. The fourth-order valence-corrected chi connectivity index (χ4v) is 5.80. The van der Waals surface area contributed by atoms with E-state index in [2.05, 4.69) is 27.4 Å². The molecule has 0 aromatic rings. The highest BCUT2D eigenvalue weighted by Crippen LogP contribution is 2.63. The smallest absolute Gasteiger partial charge is 0.0797 e. The fraction of sp³-hybridized carbons (Fsp3) is 0.900. The Labute approximate surface area is 137 Å². The first-order valence-corrected chi connectivity index (χ1v) is 9.03. The zero-order chi connectivity index (χ0) is 16.8. The van der Waals surface area contributed by atoms with Crippen LogP contribution in [0.15, 0.2) is 12.7 Å². The van der Waals surface area contributed by atoms with Gasteiger partial charge in [0.2, 0.25) is 0 Å². The van der Waals surface area contributed by atoms with Crippen LogP contribution >= 0.6 is 0 Å². The van der Waals surface area contributed by atoms with Crippen LogP contribution in [0.5, 0.6) is 0 Å². The summed E-state index contributed by atoms with van der Waals surface area (Å²) in [6.45, 7) is 14.8. The average molecular weight is 309 g/mol. The second kappa shape index (κ2) is 5.63. The average Bonchev–Trinajstić information content (AvgIpc) is 2.35. The molecule has 0 radical (unpaired) electrons. The maximum atomic E-state index is 11.1. The van der Waals surface area contributed by atoms with Crippen LogP contribution in [0.3, 0.4) is 0 Å². The Morgan fingerprint density at radius 3 is 2.41 bits per heavy atom.